The van der Waals surface area contributed by atoms with Crippen molar-refractivity contribution in [2.75, 3.05) is 0 Å². The molecule has 7 heavy (non-hydrogen) atoms. The highest BCUT2D eigenvalue weighted by atomic mass is 32.3. The zero-order chi connectivity index (χ0) is 4.50. The minimum atomic E-state index is -4.67. The molecule has 0 saturated carbocycles. The van der Waals surface area contributed by atoms with Gasteiger partial charge in [-0.3, -0.25) is 9.11 Å². The third-order valence-corrected chi connectivity index (χ3v) is 0. The molecule has 0 bridgehead atoms. The van der Waals surface area contributed by atoms with E-state index >= 15 is 0 Å². The zero-order valence-electron chi connectivity index (χ0n) is 3.33. The van der Waals surface area contributed by atoms with E-state index in [4.69, 9.17) is 17.5 Å². The molecule has 0 aliphatic heterocycles. The second-order valence-electron chi connectivity index (χ2n) is 0.448. The van der Waals surface area contributed by atoms with Crippen molar-refractivity contribution in [3.63, 3.8) is 0 Å². The lowest BCUT2D eigenvalue weighted by atomic mass is 12.0. The molecule has 0 aliphatic rings. The average molecular weight is 127 g/mol. The molecule has 0 unspecified atom stereocenters. The normalized spacial score (nSPS) is 8.29. The first-order valence-electron chi connectivity index (χ1n) is 0.698. The third-order valence-electron chi connectivity index (χ3n) is 0. The smallest absolute Gasteiger partial charge is 0.344 e. The van der Waals surface area contributed by atoms with Crippen LogP contribution in [-0.4, -0.2) is 17.5 Å². The van der Waals surface area contributed by atoms with Gasteiger partial charge < -0.3 is 6.15 Å². The largest absolute Gasteiger partial charge is 0.394 e. The lowest BCUT2D eigenvalue weighted by molar-refractivity contribution is 0.381. The van der Waals surface area contributed by atoms with Gasteiger partial charge in [-0.1, -0.05) is 0 Å². The summed E-state index contributed by atoms with van der Waals surface area (Å²) in [4.78, 5) is 0. The van der Waals surface area contributed by atoms with E-state index in [9.17, 15) is 0 Å². The molecule has 5 N–H and O–H groups in total. The molecule has 0 heterocycles. The summed E-state index contributed by atoms with van der Waals surface area (Å²) in [5.41, 5.74) is 0. The highest BCUT2D eigenvalue weighted by Crippen LogP contribution is 1.59. The Balaban J connectivity index is -0.0000000800. The number of hydrogen-bond donors (Lipinski definition) is 3. The van der Waals surface area contributed by atoms with E-state index in [-0.39, 0.29) is 13.6 Å². The molecule has 6 heteroatoms. The Morgan fingerprint density at radius 2 is 1.14 bits per heavy atom. The van der Waals surface area contributed by atoms with Crippen LogP contribution in [0.15, 0.2) is 0 Å². The first kappa shape index (κ1) is 15.8. The van der Waals surface area contributed by atoms with Crippen LogP contribution in [0.25, 0.3) is 0 Å². The summed E-state index contributed by atoms with van der Waals surface area (Å²) in [6.07, 6.45) is 0. The minimum Gasteiger partial charge on any atom is -0.344 e. The fourth-order valence-corrected chi connectivity index (χ4v) is 0. The Kier molecular flexibility index (Phi) is 9.05. The second-order valence-corrected chi connectivity index (χ2v) is 1.34. The van der Waals surface area contributed by atoms with E-state index in [1.165, 1.54) is 0 Å². The van der Waals surface area contributed by atoms with Gasteiger partial charge in [0.25, 0.3) is 0 Å². The maximum atomic E-state index is 8.74. The summed E-state index contributed by atoms with van der Waals surface area (Å²) in [7, 11) is -4.67. The summed E-state index contributed by atoms with van der Waals surface area (Å²) in [5, 5.41) is 0. The molecule has 0 aromatic carbocycles. The van der Waals surface area contributed by atoms with Crippen LogP contribution in [-0.2, 0) is 10.4 Å². The van der Waals surface area contributed by atoms with Crippen LogP contribution >= 0.6 is 0 Å². The quantitative estimate of drug-likeness (QED) is 0.383. The van der Waals surface area contributed by atoms with Crippen molar-refractivity contribution in [2.45, 2.75) is 0 Å². The first-order chi connectivity index (χ1) is 2.00. The van der Waals surface area contributed by atoms with Crippen LogP contribution in [0.3, 0.4) is 0 Å². The van der Waals surface area contributed by atoms with Gasteiger partial charge >= 0.3 is 10.4 Å². The molecule has 0 rings (SSSR count). The summed E-state index contributed by atoms with van der Waals surface area (Å²) in [6.45, 7) is 0. The van der Waals surface area contributed by atoms with Crippen molar-refractivity contribution in [3.05, 3.63) is 7.43 Å². The summed E-state index contributed by atoms with van der Waals surface area (Å²) in [5.74, 6) is 0. The Morgan fingerprint density at radius 1 is 1.14 bits per heavy atom. The number of rotatable bonds is 0. The van der Waals surface area contributed by atoms with Crippen LogP contribution in [0.1, 0.15) is 0 Å². The summed E-state index contributed by atoms with van der Waals surface area (Å²) < 4.78 is 31.6. The molecule has 0 spiro atoms. The van der Waals surface area contributed by atoms with Gasteiger partial charge in [-0.05, 0) is 0 Å². The van der Waals surface area contributed by atoms with E-state index in [1.807, 2.05) is 0 Å². The van der Waals surface area contributed by atoms with Crippen LogP contribution < -0.4 is 6.15 Å². The van der Waals surface area contributed by atoms with Gasteiger partial charge in [0.15, 0.2) is 0 Å². The molecule has 0 saturated heterocycles. The highest BCUT2D eigenvalue weighted by Gasteiger charge is 1.84. The highest BCUT2D eigenvalue weighted by molar-refractivity contribution is 7.79. The van der Waals surface area contributed by atoms with Gasteiger partial charge in [0, 0.05) is 7.43 Å². The zero-order valence-corrected chi connectivity index (χ0v) is 4.14. The van der Waals surface area contributed by atoms with Crippen molar-refractivity contribution in [1.29, 1.82) is 0 Å². The molecule has 44 valence electrons. The first-order valence-corrected chi connectivity index (χ1v) is 2.10. The standard InChI is InChI=1S/C.H3N.H2O4S/c;;1-5(2,3)4/h;1H3;(H2,1,2,3,4). The van der Waals surface area contributed by atoms with E-state index in [1.54, 1.807) is 0 Å². The van der Waals surface area contributed by atoms with Gasteiger partial charge in [-0.2, -0.15) is 8.42 Å². The van der Waals surface area contributed by atoms with Crippen LogP contribution in [0.4, 0.5) is 0 Å². The summed E-state index contributed by atoms with van der Waals surface area (Å²) >= 11 is 0. The fourth-order valence-electron chi connectivity index (χ4n) is 0. The lowest BCUT2D eigenvalue weighted by Crippen LogP contribution is -1.89. The van der Waals surface area contributed by atoms with Gasteiger partial charge in [0.1, 0.15) is 0 Å². The SMILES string of the molecule is N.O=S(=O)(O)O.[C]. The lowest BCUT2D eigenvalue weighted by Gasteiger charge is -1.68. The Hall–Kier alpha value is -0.170. The molecule has 0 aromatic rings. The molecular formula is CH5NO4S. The van der Waals surface area contributed by atoms with E-state index in [0.717, 1.165) is 0 Å². The van der Waals surface area contributed by atoms with Crippen molar-refractivity contribution >= 4 is 10.4 Å². The van der Waals surface area contributed by atoms with Crippen molar-refractivity contribution < 1.29 is 17.5 Å². The second kappa shape index (κ2) is 4.00. The fraction of sp³-hybridized carbons (Fsp3) is 0. The van der Waals surface area contributed by atoms with Gasteiger partial charge in [0.2, 0.25) is 0 Å². The maximum absolute atomic E-state index is 8.74. The predicted octanol–water partition coefficient (Wildman–Crippen LogP) is -0.410. The van der Waals surface area contributed by atoms with Gasteiger partial charge in [-0.15, -0.1) is 0 Å². The van der Waals surface area contributed by atoms with Crippen molar-refractivity contribution in [3.8, 4) is 0 Å². The van der Waals surface area contributed by atoms with Gasteiger partial charge in [-0.25, -0.2) is 0 Å². The summed E-state index contributed by atoms with van der Waals surface area (Å²) in [6, 6.07) is 0. The van der Waals surface area contributed by atoms with Gasteiger partial charge in [0.05, 0.1) is 0 Å². The van der Waals surface area contributed by atoms with E-state index in [0.29, 0.717) is 0 Å². The van der Waals surface area contributed by atoms with Crippen molar-refractivity contribution in [2.24, 2.45) is 0 Å². The minimum absolute atomic E-state index is 0. The molecule has 0 aliphatic carbocycles. The maximum Gasteiger partial charge on any atom is 0.394 e. The molecule has 0 fully saturated rings. The molecule has 0 aromatic heterocycles. The topological polar surface area (TPSA) is 110 Å². The monoisotopic (exact) mass is 127 g/mol. The van der Waals surface area contributed by atoms with Crippen molar-refractivity contribution in [1.82, 2.24) is 6.15 Å². The molecule has 0 amide bonds. The molecule has 5 nitrogen and oxygen atoms in total. The number of hydrogen-bond acceptors (Lipinski definition) is 3. The Bertz CT molecular complexity index is 94.9. The average Bonchev–Trinajstić information content (AvgIpc) is 0.722. The molecule has 0 atom stereocenters. The van der Waals surface area contributed by atoms with E-state index < -0.39 is 10.4 Å². The third kappa shape index (κ3) is 2960. The molecule has 4 radical (unpaired) electrons. The van der Waals surface area contributed by atoms with Crippen LogP contribution in [0, 0.1) is 7.43 Å². The van der Waals surface area contributed by atoms with Crippen LogP contribution in [0.2, 0.25) is 0 Å². The molecular weight excluding hydrogens is 122 g/mol. The predicted molar refractivity (Wildman–Crippen MR) is 22.4 cm³/mol. The van der Waals surface area contributed by atoms with E-state index in [2.05, 4.69) is 0 Å². The van der Waals surface area contributed by atoms with Crippen LogP contribution in [0.5, 0.6) is 0 Å². The Labute approximate surface area is 42.5 Å². The Morgan fingerprint density at radius 3 is 1.14 bits per heavy atom.